The van der Waals surface area contributed by atoms with Crippen molar-refractivity contribution in [2.45, 2.75) is 18.4 Å². The number of hydrogen-bond donors (Lipinski definition) is 2. The Labute approximate surface area is 131 Å². The summed E-state index contributed by atoms with van der Waals surface area (Å²) >= 11 is 13.0. The van der Waals surface area contributed by atoms with Gasteiger partial charge in [-0.1, -0.05) is 23.2 Å². The Kier molecular flexibility index (Phi) is 4.61. The first kappa shape index (κ1) is 15.6. The van der Waals surface area contributed by atoms with E-state index in [-0.39, 0.29) is 16.5 Å². The van der Waals surface area contributed by atoms with Crippen LogP contribution in [0.3, 0.4) is 0 Å². The minimum absolute atomic E-state index is 0.177. The van der Waals surface area contributed by atoms with Crippen LogP contribution in [0.1, 0.15) is 10.4 Å². The van der Waals surface area contributed by atoms with Crippen LogP contribution < -0.4 is 10.5 Å². The van der Waals surface area contributed by atoms with Crippen molar-refractivity contribution in [2.24, 2.45) is 5.73 Å². The van der Waals surface area contributed by atoms with E-state index in [1.807, 2.05) is 0 Å². The van der Waals surface area contributed by atoms with E-state index >= 15 is 0 Å². The number of hydrogen-bond acceptors (Lipinski definition) is 4. The molecule has 0 fully saturated rings. The van der Waals surface area contributed by atoms with Gasteiger partial charge in [0.1, 0.15) is 4.90 Å². The SMILES string of the molecule is Cc1csc(CN)c1S(=O)(=O)Nc1ccc(Cl)c(Cl)c1. The first-order valence-corrected chi connectivity index (χ1v) is 8.72. The van der Waals surface area contributed by atoms with Crippen molar-refractivity contribution in [3.05, 3.63) is 44.1 Å². The fourth-order valence-corrected chi connectivity index (χ4v) is 4.81. The Bertz CT molecular complexity index is 742. The second-order valence-corrected chi connectivity index (χ2v) is 7.51. The molecule has 0 aliphatic rings. The van der Waals surface area contributed by atoms with E-state index < -0.39 is 10.0 Å². The number of benzene rings is 1. The van der Waals surface area contributed by atoms with Gasteiger partial charge in [0.15, 0.2) is 0 Å². The highest BCUT2D eigenvalue weighted by Gasteiger charge is 2.22. The lowest BCUT2D eigenvalue weighted by Gasteiger charge is -2.10. The van der Waals surface area contributed by atoms with Crippen LogP contribution in [0.25, 0.3) is 0 Å². The summed E-state index contributed by atoms with van der Waals surface area (Å²) in [6.07, 6.45) is 0. The number of sulfonamides is 1. The number of nitrogens with two attached hydrogens (primary N) is 1. The summed E-state index contributed by atoms with van der Waals surface area (Å²) in [5, 5.41) is 2.42. The van der Waals surface area contributed by atoms with Crippen LogP contribution in [0.4, 0.5) is 5.69 Å². The molecule has 0 bridgehead atoms. The summed E-state index contributed by atoms with van der Waals surface area (Å²) in [6.45, 7) is 1.91. The Morgan fingerprint density at radius 2 is 2.00 bits per heavy atom. The lowest BCUT2D eigenvalue weighted by atomic mass is 10.3. The van der Waals surface area contributed by atoms with Gasteiger partial charge in [-0.3, -0.25) is 4.72 Å². The van der Waals surface area contributed by atoms with Gasteiger partial charge in [0.25, 0.3) is 10.0 Å². The highest BCUT2D eigenvalue weighted by atomic mass is 35.5. The molecule has 108 valence electrons. The molecule has 3 N–H and O–H groups in total. The van der Waals surface area contributed by atoms with Crippen LogP contribution in [0.2, 0.25) is 10.0 Å². The normalized spacial score (nSPS) is 11.6. The van der Waals surface area contributed by atoms with Gasteiger partial charge in [-0.15, -0.1) is 11.3 Å². The third-order valence-electron chi connectivity index (χ3n) is 2.62. The average Bonchev–Trinajstić information content (AvgIpc) is 2.75. The molecule has 1 aromatic carbocycles. The minimum Gasteiger partial charge on any atom is -0.326 e. The molecule has 20 heavy (non-hydrogen) atoms. The zero-order valence-electron chi connectivity index (χ0n) is 10.5. The van der Waals surface area contributed by atoms with Crippen LogP contribution in [-0.4, -0.2) is 8.42 Å². The molecular weight excluding hydrogens is 339 g/mol. The average molecular weight is 351 g/mol. The van der Waals surface area contributed by atoms with E-state index in [4.69, 9.17) is 28.9 Å². The highest BCUT2D eigenvalue weighted by Crippen LogP contribution is 2.30. The molecule has 0 unspecified atom stereocenters. The van der Waals surface area contributed by atoms with Crippen molar-refractivity contribution in [2.75, 3.05) is 4.72 Å². The van der Waals surface area contributed by atoms with Gasteiger partial charge in [0.05, 0.1) is 15.7 Å². The molecular formula is C12H12Cl2N2O2S2. The first-order chi connectivity index (χ1) is 9.35. The Morgan fingerprint density at radius 1 is 1.30 bits per heavy atom. The number of aryl methyl sites for hydroxylation is 1. The fourth-order valence-electron chi connectivity index (χ4n) is 1.75. The third kappa shape index (κ3) is 3.10. The van der Waals surface area contributed by atoms with Crippen molar-refractivity contribution in [1.29, 1.82) is 0 Å². The van der Waals surface area contributed by atoms with Crippen LogP contribution in [0, 0.1) is 6.92 Å². The number of thiophene rings is 1. The summed E-state index contributed by atoms with van der Waals surface area (Å²) in [5.41, 5.74) is 6.60. The van der Waals surface area contributed by atoms with Gasteiger partial charge in [-0.25, -0.2) is 8.42 Å². The predicted octanol–water partition coefficient (Wildman–Crippen LogP) is 3.62. The molecule has 0 saturated carbocycles. The smallest absolute Gasteiger partial charge is 0.263 e. The molecule has 0 amide bonds. The van der Waals surface area contributed by atoms with Gasteiger partial charge in [-0.05, 0) is 36.1 Å². The van der Waals surface area contributed by atoms with Gasteiger partial charge in [0.2, 0.25) is 0 Å². The van der Waals surface area contributed by atoms with E-state index in [1.165, 1.54) is 23.5 Å². The summed E-state index contributed by atoms with van der Waals surface area (Å²) < 4.78 is 27.3. The fraction of sp³-hybridized carbons (Fsp3) is 0.167. The molecule has 1 heterocycles. The summed E-state index contributed by atoms with van der Waals surface area (Å²) in [7, 11) is -3.69. The Hall–Kier alpha value is -0.790. The van der Waals surface area contributed by atoms with E-state index in [2.05, 4.69) is 4.72 Å². The zero-order chi connectivity index (χ0) is 14.9. The number of halogens is 2. The molecule has 0 atom stereocenters. The maximum absolute atomic E-state index is 12.4. The number of nitrogens with one attached hydrogen (secondary N) is 1. The molecule has 2 aromatic rings. The summed E-state index contributed by atoms with van der Waals surface area (Å²) in [4.78, 5) is 0.853. The standard InChI is InChI=1S/C12H12Cl2N2O2S2/c1-7-6-19-11(5-15)12(7)20(17,18)16-8-2-3-9(13)10(14)4-8/h2-4,6,16H,5,15H2,1H3. The van der Waals surface area contributed by atoms with Crippen LogP contribution in [0.5, 0.6) is 0 Å². The van der Waals surface area contributed by atoms with E-state index in [9.17, 15) is 8.42 Å². The molecule has 1 aromatic heterocycles. The van der Waals surface area contributed by atoms with Crippen LogP contribution in [0.15, 0.2) is 28.5 Å². The second kappa shape index (κ2) is 5.91. The van der Waals surface area contributed by atoms with Crippen molar-refractivity contribution in [1.82, 2.24) is 0 Å². The first-order valence-electron chi connectivity index (χ1n) is 5.60. The van der Waals surface area contributed by atoms with Crippen molar-refractivity contribution < 1.29 is 8.42 Å². The largest absolute Gasteiger partial charge is 0.326 e. The molecule has 4 nitrogen and oxygen atoms in total. The van der Waals surface area contributed by atoms with Gasteiger partial charge in [0, 0.05) is 11.4 Å². The monoisotopic (exact) mass is 350 g/mol. The van der Waals surface area contributed by atoms with Gasteiger partial charge >= 0.3 is 0 Å². The van der Waals surface area contributed by atoms with E-state index in [0.717, 1.165) is 0 Å². The summed E-state index contributed by atoms with van der Waals surface area (Å²) in [5.74, 6) is 0. The molecule has 0 spiro atoms. The molecule has 0 aliphatic heterocycles. The van der Waals surface area contributed by atoms with Gasteiger partial charge < -0.3 is 5.73 Å². The molecule has 0 saturated heterocycles. The topological polar surface area (TPSA) is 72.2 Å². The molecule has 0 radical (unpaired) electrons. The maximum Gasteiger partial charge on any atom is 0.263 e. The van der Waals surface area contributed by atoms with Crippen LogP contribution in [-0.2, 0) is 16.6 Å². The quantitative estimate of drug-likeness (QED) is 0.884. The number of anilines is 1. The van der Waals surface area contributed by atoms with Crippen molar-refractivity contribution in [3.8, 4) is 0 Å². The third-order valence-corrected chi connectivity index (χ3v) is 6.22. The Balaban J connectivity index is 2.40. The summed E-state index contributed by atoms with van der Waals surface area (Å²) in [6, 6.07) is 4.55. The van der Waals surface area contributed by atoms with E-state index in [1.54, 1.807) is 18.4 Å². The molecule has 8 heteroatoms. The van der Waals surface area contributed by atoms with Crippen LogP contribution >= 0.6 is 34.5 Å². The minimum atomic E-state index is -3.69. The van der Waals surface area contributed by atoms with Gasteiger partial charge in [-0.2, -0.15) is 0 Å². The number of rotatable bonds is 4. The molecule has 2 rings (SSSR count). The lowest BCUT2D eigenvalue weighted by molar-refractivity contribution is 0.600. The maximum atomic E-state index is 12.4. The predicted molar refractivity (Wildman–Crippen MR) is 84.2 cm³/mol. The van der Waals surface area contributed by atoms with Crippen molar-refractivity contribution >= 4 is 50.2 Å². The highest BCUT2D eigenvalue weighted by molar-refractivity contribution is 7.93. The second-order valence-electron chi connectivity index (χ2n) is 4.11. The lowest BCUT2D eigenvalue weighted by Crippen LogP contribution is -2.15. The Morgan fingerprint density at radius 3 is 2.60 bits per heavy atom. The zero-order valence-corrected chi connectivity index (χ0v) is 13.6. The van der Waals surface area contributed by atoms with E-state index in [0.29, 0.717) is 21.2 Å². The van der Waals surface area contributed by atoms with Crippen molar-refractivity contribution in [3.63, 3.8) is 0 Å². The molecule has 0 aliphatic carbocycles.